The molecule has 0 unspecified atom stereocenters. The number of amides is 1. The summed E-state index contributed by atoms with van der Waals surface area (Å²) in [6.45, 7) is 6.50. The predicted molar refractivity (Wildman–Crippen MR) is 131 cm³/mol. The van der Waals surface area contributed by atoms with Gasteiger partial charge in [-0.15, -0.1) is 0 Å². The Bertz CT molecular complexity index is 1120. The Morgan fingerprint density at radius 1 is 1.28 bits per heavy atom. The van der Waals surface area contributed by atoms with Gasteiger partial charge in [0.25, 0.3) is 5.91 Å². The number of thiazole rings is 1. The van der Waals surface area contributed by atoms with Crippen LogP contribution in [0.15, 0.2) is 42.5 Å². The van der Waals surface area contributed by atoms with E-state index < -0.39 is 0 Å². The highest BCUT2D eigenvalue weighted by Gasteiger charge is 2.22. The summed E-state index contributed by atoms with van der Waals surface area (Å²) in [5.74, 6) is 0.578. The molecule has 1 saturated heterocycles. The zero-order valence-electron chi connectivity index (χ0n) is 18.2. The Labute approximate surface area is 197 Å². The van der Waals surface area contributed by atoms with Crippen molar-refractivity contribution in [3.05, 3.63) is 58.6 Å². The molecular weight excluding hydrogens is 446 g/mol. The molecule has 0 atom stereocenters. The molecule has 4 rings (SSSR count). The van der Waals surface area contributed by atoms with Crippen molar-refractivity contribution >= 4 is 50.3 Å². The molecule has 0 saturated carbocycles. The number of fused-ring (bicyclic) bond motifs is 1. The van der Waals surface area contributed by atoms with Gasteiger partial charge in [-0.2, -0.15) is 0 Å². The first-order valence-corrected chi connectivity index (χ1v) is 11.7. The van der Waals surface area contributed by atoms with Crippen LogP contribution in [0.25, 0.3) is 16.3 Å². The molecule has 0 N–H and O–H groups in total. The smallest absolute Gasteiger partial charge is 0.252 e. The molecule has 1 fully saturated rings. The van der Waals surface area contributed by atoms with Crippen molar-refractivity contribution in [2.24, 2.45) is 0 Å². The average Bonchev–Trinajstić information content (AvgIpc) is 3.26. The van der Waals surface area contributed by atoms with E-state index in [9.17, 15) is 4.79 Å². The Hall–Kier alpha value is -2.45. The van der Waals surface area contributed by atoms with E-state index in [-0.39, 0.29) is 5.91 Å². The molecule has 1 aromatic heterocycles. The quantitative estimate of drug-likeness (QED) is 0.470. The molecule has 0 radical (unpaired) electrons. The van der Waals surface area contributed by atoms with Crippen LogP contribution in [-0.2, 0) is 9.53 Å². The summed E-state index contributed by atoms with van der Waals surface area (Å²) in [5.41, 5.74) is 2.70. The number of aromatic nitrogens is 1. The fraction of sp³-hybridized carbons (Fsp3) is 0.333. The fourth-order valence-corrected chi connectivity index (χ4v) is 4.89. The van der Waals surface area contributed by atoms with Gasteiger partial charge in [-0.05, 0) is 36.3 Å². The third-order valence-corrected chi connectivity index (χ3v) is 7.02. The van der Waals surface area contributed by atoms with E-state index in [1.165, 1.54) is 11.3 Å². The van der Waals surface area contributed by atoms with Gasteiger partial charge in [0, 0.05) is 37.3 Å². The maximum atomic E-state index is 13.3. The molecule has 168 valence electrons. The highest BCUT2D eigenvalue weighted by atomic mass is 35.5. The molecule has 32 heavy (non-hydrogen) atoms. The van der Waals surface area contributed by atoms with Gasteiger partial charge in [-0.1, -0.05) is 47.2 Å². The highest BCUT2D eigenvalue weighted by Crippen LogP contribution is 2.36. The number of morpholine rings is 1. The molecule has 2 aromatic carbocycles. The van der Waals surface area contributed by atoms with Crippen LogP contribution >= 0.6 is 22.9 Å². The van der Waals surface area contributed by atoms with Crippen LogP contribution in [0.3, 0.4) is 0 Å². The lowest BCUT2D eigenvalue weighted by atomic mass is 10.2. The summed E-state index contributed by atoms with van der Waals surface area (Å²) in [4.78, 5) is 22.2. The number of anilines is 1. The summed E-state index contributed by atoms with van der Waals surface area (Å²) in [7, 11) is 1.64. The Kier molecular flexibility index (Phi) is 7.42. The van der Waals surface area contributed by atoms with Crippen molar-refractivity contribution in [3.8, 4) is 5.75 Å². The number of hydrogen-bond donors (Lipinski definition) is 0. The minimum atomic E-state index is -0.131. The minimum absolute atomic E-state index is 0.131. The van der Waals surface area contributed by atoms with Crippen LogP contribution in [0, 0.1) is 6.92 Å². The predicted octanol–water partition coefficient (Wildman–Crippen LogP) is 4.65. The number of halogens is 1. The first-order chi connectivity index (χ1) is 15.6. The van der Waals surface area contributed by atoms with Crippen LogP contribution in [0.2, 0.25) is 5.02 Å². The second-order valence-electron chi connectivity index (χ2n) is 7.56. The van der Waals surface area contributed by atoms with E-state index >= 15 is 0 Å². The fourth-order valence-electron chi connectivity index (χ4n) is 3.61. The molecule has 1 aliphatic heterocycles. The Balaban J connectivity index is 1.64. The lowest BCUT2D eigenvalue weighted by Crippen LogP contribution is -2.42. The maximum absolute atomic E-state index is 13.3. The number of benzene rings is 2. The number of aryl methyl sites for hydroxylation is 1. The molecule has 2 heterocycles. The van der Waals surface area contributed by atoms with Crippen molar-refractivity contribution < 1.29 is 14.3 Å². The van der Waals surface area contributed by atoms with Crippen molar-refractivity contribution in [1.82, 2.24) is 9.88 Å². The van der Waals surface area contributed by atoms with Gasteiger partial charge in [0.05, 0.1) is 25.0 Å². The number of nitrogens with zero attached hydrogens (tertiary/aromatic N) is 3. The average molecular weight is 472 g/mol. The van der Waals surface area contributed by atoms with Gasteiger partial charge in [-0.3, -0.25) is 14.6 Å². The Morgan fingerprint density at radius 3 is 2.81 bits per heavy atom. The van der Waals surface area contributed by atoms with E-state index in [0.29, 0.717) is 22.4 Å². The first kappa shape index (κ1) is 22.7. The lowest BCUT2D eigenvalue weighted by molar-refractivity contribution is -0.114. The minimum Gasteiger partial charge on any atom is -0.494 e. The molecule has 0 spiro atoms. The summed E-state index contributed by atoms with van der Waals surface area (Å²) in [5, 5.41) is 1.27. The number of hydrogen-bond acceptors (Lipinski definition) is 6. The van der Waals surface area contributed by atoms with E-state index in [1.807, 2.05) is 43.3 Å². The molecule has 3 aromatic rings. The number of carbonyl (C=O) groups excluding carboxylic acids is 1. The molecule has 6 nitrogen and oxygen atoms in total. The molecule has 0 bridgehead atoms. The second kappa shape index (κ2) is 10.4. The lowest BCUT2D eigenvalue weighted by Gasteiger charge is -2.28. The summed E-state index contributed by atoms with van der Waals surface area (Å²) in [6.07, 6.45) is 3.32. The van der Waals surface area contributed by atoms with E-state index in [2.05, 4.69) is 4.90 Å². The zero-order chi connectivity index (χ0) is 22.5. The highest BCUT2D eigenvalue weighted by molar-refractivity contribution is 7.22. The van der Waals surface area contributed by atoms with Gasteiger partial charge in [0.1, 0.15) is 11.3 Å². The van der Waals surface area contributed by atoms with Crippen molar-refractivity contribution in [2.45, 2.75) is 6.92 Å². The SMILES string of the molecule is COc1ccc(C)c2sc(N(CCN3CCOCC3)C(=O)/C=C/c3ccccc3Cl)nc12. The summed E-state index contributed by atoms with van der Waals surface area (Å²) < 4.78 is 12.0. The van der Waals surface area contributed by atoms with Crippen LogP contribution in [-0.4, -0.2) is 62.3 Å². The van der Waals surface area contributed by atoms with E-state index in [4.69, 9.17) is 26.1 Å². The van der Waals surface area contributed by atoms with Crippen LogP contribution < -0.4 is 9.64 Å². The third kappa shape index (κ3) is 5.13. The number of ether oxygens (including phenoxy) is 2. The van der Waals surface area contributed by atoms with Crippen LogP contribution in [0.1, 0.15) is 11.1 Å². The molecular formula is C24H26ClN3O3S. The van der Waals surface area contributed by atoms with E-state index in [0.717, 1.165) is 54.2 Å². The van der Waals surface area contributed by atoms with Crippen molar-refractivity contribution in [1.29, 1.82) is 0 Å². The van der Waals surface area contributed by atoms with Gasteiger partial charge >= 0.3 is 0 Å². The van der Waals surface area contributed by atoms with Crippen molar-refractivity contribution in [3.63, 3.8) is 0 Å². The standard InChI is InChI=1S/C24H26ClN3O3S/c1-17-7-9-20(30-2)22-23(17)32-24(26-22)28(12-11-27-13-15-31-16-14-27)21(29)10-8-18-5-3-4-6-19(18)25/h3-10H,11-16H2,1-2H3/b10-8+. The Morgan fingerprint density at radius 2 is 2.06 bits per heavy atom. The molecule has 1 aliphatic rings. The summed E-state index contributed by atoms with van der Waals surface area (Å²) in [6, 6.07) is 11.4. The van der Waals surface area contributed by atoms with Gasteiger partial charge in [0.2, 0.25) is 0 Å². The number of methoxy groups -OCH3 is 1. The molecule has 8 heteroatoms. The van der Waals surface area contributed by atoms with Gasteiger partial charge < -0.3 is 9.47 Å². The van der Waals surface area contributed by atoms with Crippen LogP contribution in [0.5, 0.6) is 5.75 Å². The first-order valence-electron chi connectivity index (χ1n) is 10.5. The van der Waals surface area contributed by atoms with Gasteiger partial charge in [-0.25, -0.2) is 4.98 Å². The summed E-state index contributed by atoms with van der Waals surface area (Å²) >= 11 is 7.76. The number of rotatable bonds is 7. The molecule has 1 amide bonds. The number of carbonyl (C=O) groups is 1. The third-order valence-electron chi connectivity index (χ3n) is 5.46. The largest absolute Gasteiger partial charge is 0.494 e. The zero-order valence-corrected chi connectivity index (χ0v) is 19.8. The second-order valence-corrected chi connectivity index (χ2v) is 8.94. The maximum Gasteiger partial charge on any atom is 0.252 e. The monoisotopic (exact) mass is 471 g/mol. The molecule has 0 aliphatic carbocycles. The topological polar surface area (TPSA) is 54.9 Å². The van der Waals surface area contributed by atoms with Gasteiger partial charge in [0.15, 0.2) is 5.13 Å². The van der Waals surface area contributed by atoms with Crippen molar-refractivity contribution in [2.75, 3.05) is 51.4 Å². The van der Waals surface area contributed by atoms with E-state index in [1.54, 1.807) is 24.2 Å². The normalized spacial score (nSPS) is 14.8. The van der Waals surface area contributed by atoms with Crippen LogP contribution in [0.4, 0.5) is 5.13 Å².